The van der Waals surface area contributed by atoms with Gasteiger partial charge in [-0.15, -0.1) is 6.58 Å². The van der Waals surface area contributed by atoms with E-state index < -0.39 is 80.2 Å². The summed E-state index contributed by atoms with van der Waals surface area (Å²) in [7, 11) is 2.29. The molecule has 0 aromatic carbocycles. The number of amides is 1. The molecule has 3 aliphatic heterocycles. The van der Waals surface area contributed by atoms with Gasteiger partial charge in [-0.1, -0.05) is 72.3 Å². The van der Waals surface area contributed by atoms with Crippen LogP contribution >= 0.6 is 0 Å². The maximum absolute atomic E-state index is 14.9. The lowest BCUT2D eigenvalue weighted by Crippen LogP contribution is -2.64. The van der Waals surface area contributed by atoms with Gasteiger partial charge in [0.25, 0.3) is 11.7 Å². The fourth-order valence-corrected chi connectivity index (χ4v) is 11.9. The van der Waals surface area contributed by atoms with Crippen LogP contribution in [0.25, 0.3) is 0 Å². The summed E-state index contributed by atoms with van der Waals surface area (Å²) in [5, 5.41) is 12.0. The molecule has 2 bridgehead atoms. The molecule has 14 unspecified atom stereocenters. The number of ether oxygens (including phenoxy) is 6. The minimum Gasteiger partial charge on any atom is -0.456 e. The standard InChI is InChI=1S/C52H87NO12Si/c1-16-24-62-41-22-21-37(30-43(41)59-11)28-34(5)46-36(7)42(65-66(14,15)51(8,9)10)31-40(54)38(17-2)26-32(3)25-33(4)27-44(60-12)47-45(61-13)29-35(6)52(58,64-47)48(55)49(56)53-23-19-18-20-39(53)50(57)63-46/h16,26,28,33,35-39,41-47,58H,1,17-25,27,29-31H2,2-15H3. The van der Waals surface area contributed by atoms with Gasteiger partial charge in [-0.3, -0.25) is 14.4 Å². The minimum atomic E-state index is -2.52. The maximum Gasteiger partial charge on any atom is 0.329 e. The van der Waals surface area contributed by atoms with Crippen molar-refractivity contribution in [2.24, 2.45) is 29.6 Å². The smallest absolute Gasteiger partial charge is 0.329 e. The van der Waals surface area contributed by atoms with Crippen LogP contribution in [0.2, 0.25) is 18.1 Å². The van der Waals surface area contributed by atoms with Gasteiger partial charge in [0, 0.05) is 52.0 Å². The largest absolute Gasteiger partial charge is 0.456 e. The number of cyclic esters (lactones) is 1. The van der Waals surface area contributed by atoms with Gasteiger partial charge in [0.2, 0.25) is 5.79 Å². The lowest BCUT2D eigenvalue weighted by molar-refractivity contribution is -0.302. The second-order valence-electron chi connectivity index (χ2n) is 21.6. The summed E-state index contributed by atoms with van der Waals surface area (Å²) in [6, 6.07) is -1.10. The van der Waals surface area contributed by atoms with E-state index in [9.17, 15) is 24.3 Å². The number of hydrogen-bond donors (Lipinski definition) is 1. The van der Waals surface area contributed by atoms with Gasteiger partial charge < -0.3 is 42.9 Å². The van der Waals surface area contributed by atoms with E-state index in [-0.39, 0.29) is 66.6 Å². The van der Waals surface area contributed by atoms with Crippen LogP contribution < -0.4 is 0 Å². The summed E-state index contributed by atoms with van der Waals surface area (Å²) in [5.74, 6) is -6.75. The van der Waals surface area contributed by atoms with E-state index in [4.69, 9.17) is 32.8 Å². The van der Waals surface area contributed by atoms with Crippen LogP contribution in [0.15, 0.2) is 36.0 Å². The summed E-state index contributed by atoms with van der Waals surface area (Å²) in [5.41, 5.74) is 1.86. The number of fused-ring (bicyclic) bond motifs is 3. The summed E-state index contributed by atoms with van der Waals surface area (Å²) >= 11 is 0. The highest BCUT2D eigenvalue weighted by Gasteiger charge is 2.57. The van der Waals surface area contributed by atoms with Gasteiger partial charge in [-0.2, -0.15) is 0 Å². The van der Waals surface area contributed by atoms with Gasteiger partial charge in [-0.05, 0) is 114 Å². The van der Waals surface area contributed by atoms with Crippen molar-refractivity contribution in [3.05, 3.63) is 36.0 Å². The van der Waals surface area contributed by atoms with Crippen molar-refractivity contribution in [2.75, 3.05) is 34.5 Å². The first-order valence-corrected chi connectivity index (χ1v) is 27.7. The van der Waals surface area contributed by atoms with Gasteiger partial charge in [0.15, 0.2) is 8.32 Å². The molecule has 376 valence electrons. The molecule has 4 aliphatic rings. The van der Waals surface area contributed by atoms with Crippen LogP contribution in [0, 0.1) is 29.6 Å². The highest BCUT2D eigenvalue weighted by molar-refractivity contribution is 6.74. The molecule has 14 heteroatoms. The Balaban J connectivity index is 1.87. The Bertz CT molecular complexity index is 1720. The minimum absolute atomic E-state index is 0.0511. The maximum atomic E-state index is 14.9. The third-order valence-electron chi connectivity index (χ3n) is 15.5. The predicted molar refractivity (Wildman–Crippen MR) is 258 cm³/mol. The second-order valence-corrected chi connectivity index (χ2v) is 26.4. The van der Waals surface area contributed by atoms with Crippen LogP contribution in [0.3, 0.4) is 0 Å². The highest BCUT2D eigenvalue weighted by Crippen LogP contribution is 2.42. The lowest BCUT2D eigenvalue weighted by atomic mass is 9.81. The summed E-state index contributed by atoms with van der Waals surface area (Å²) in [6.45, 7) is 27.0. The Morgan fingerprint density at radius 2 is 1.58 bits per heavy atom. The monoisotopic (exact) mass is 946 g/mol. The average molecular weight is 946 g/mol. The number of piperidine rings is 1. The number of rotatable bonds is 11. The van der Waals surface area contributed by atoms with Gasteiger partial charge in [0.1, 0.15) is 24.0 Å². The first-order chi connectivity index (χ1) is 31.0. The molecule has 3 heterocycles. The Morgan fingerprint density at radius 1 is 0.924 bits per heavy atom. The number of nitrogens with zero attached hydrogens (tertiary/aromatic N) is 1. The number of carbonyl (C=O) groups excluding carboxylic acids is 4. The van der Waals surface area contributed by atoms with Crippen molar-refractivity contribution < 1.29 is 57.1 Å². The van der Waals surface area contributed by atoms with E-state index >= 15 is 0 Å². The number of aliphatic hydroxyl groups is 1. The third-order valence-corrected chi connectivity index (χ3v) is 20.0. The number of hydrogen-bond acceptors (Lipinski definition) is 12. The fraction of sp³-hybridized carbons (Fsp3) is 0.808. The van der Waals surface area contributed by atoms with Crippen molar-refractivity contribution >= 4 is 31.8 Å². The molecule has 0 radical (unpaired) electrons. The van der Waals surface area contributed by atoms with Crippen molar-refractivity contribution in [3.8, 4) is 0 Å². The molecule has 66 heavy (non-hydrogen) atoms. The molecule has 0 aromatic heterocycles. The molecule has 3 fully saturated rings. The normalized spacial score (nSPS) is 36.8. The van der Waals surface area contributed by atoms with Crippen LogP contribution in [-0.4, -0.2) is 131 Å². The molecule has 4 rings (SSSR count). The van der Waals surface area contributed by atoms with E-state index in [2.05, 4.69) is 59.5 Å². The van der Waals surface area contributed by atoms with Gasteiger partial charge in [-0.25, -0.2) is 4.79 Å². The zero-order chi connectivity index (χ0) is 49.3. The zero-order valence-electron chi connectivity index (χ0n) is 43.0. The topological polar surface area (TPSA) is 156 Å². The SMILES string of the molecule is C=CCOC1CCC(C=C(C)C2OC(=O)C3CCCCN3C(=O)C(=O)C3(O)OC(C(OC)CC(C)CC(C)=CC(CC)C(=O)CC(O[Si](C)(C)C(C)(C)C)C2C)C(OC)CC3C)CC1OC. The summed E-state index contributed by atoms with van der Waals surface area (Å²) in [4.78, 5) is 59.9. The van der Waals surface area contributed by atoms with E-state index in [1.165, 1.54) is 4.90 Å². The van der Waals surface area contributed by atoms with Crippen LogP contribution in [0.5, 0.6) is 0 Å². The van der Waals surface area contributed by atoms with Crippen molar-refractivity contribution in [2.45, 2.75) is 206 Å². The third kappa shape index (κ3) is 13.6. The molecular formula is C52H87NO12Si. The molecule has 2 saturated heterocycles. The van der Waals surface area contributed by atoms with E-state index in [0.29, 0.717) is 45.1 Å². The van der Waals surface area contributed by atoms with Crippen molar-refractivity contribution in [3.63, 3.8) is 0 Å². The molecule has 0 spiro atoms. The van der Waals surface area contributed by atoms with Crippen LogP contribution in [-0.2, 0) is 52.0 Å². The zero-order valence-corrected chi connectivity index (χ0v) is 44.0. The second kappa shape index (κ2) is 24.3. The van der Waals surface area contributed by atoms with Crippen LogP contribution in [0.1, 0.15) is 133 Å². The Morgan fingerprint density at radius 3 is 2.18 bits per heavy atom. The van der Waals surface area contributed by atoms with E-state index in [1.54, 1.807) is 34.3 Å². The summed E-state index contributed by atoms with van der Waals surface area (Å²) in [6.07, 6.45) is 8.17. The fourth-order valence-electron chi connectivity index (χ4n) is 10.4. The number of allylic oxidation sites excluding steroid dienone is 3. The Hall–Kier alpha value is -2.56. The van der Waals surface area contributed by atoms with E-state index in [0.717, 1.165) is 24.0 Å². The molecule has 1 amide bonds. The number of esters is 1. The highest BCUT2D eigenvalue weighted by atomic mass is 28.4. The molecule has 14 atom stereocenters. The average Bonchev–Trinajstić information content (AvgIpc) is 3.27. The Labute approximate surface area is 398 Å². The predicted octanol–water partition coefficient (Wildman–Crippen LogP) is 8.71. The number of ketones is 2. The molecule has 1 N–H and O–H groups in total. The molecule has 1 aliphatic carbocycles. The first-order valence-electron chi connectivity index (χ1n) is 24.8. The van der Waals surface area contributed by atoms with Crippen molar-refractivity contribution in [1.82, 2.24) is 4.90 Å². The van der Waals surface area contributed by atoms with Crippen molar-refractivity contribution in [1.29, 1.82) is 0 Å². The number of carbonyl (C=O) groups is 4. The molecule has 1 saturated carbocycles. The lowest BCUT2D eigenvalue weighted by Gasteiger charge is -2.47. The number of methoxy groups -OCH3 is 3. The van der Waals surface area contributed by atoms with Gasteiger partial charge in [0.05, 0.1) is 37.1 Å². The van der Waals surface area contributed by atoms with Gasteiger partial charge >= 0.3 is 5.97 Å². The molecular weight excluding hydrogens is 859 g/mol. The quantitative estimate of drug-likeness (QED) is 0.0912. The number of Topliss-reactive ketones (excluding diaryl/α,β-unsaturated/α-hetero) is 2. The summed E-state index contributed by atoms with van der Waals surface area (Å²) < 4.78 is 44.1. The molecule has 13 nitrogen and oxygen atoms in total. The first kappa shape index (κ1) is 56.0. The van der Waals surface area contributed by atoms with Crippen LogP contribution in [0.4, 0.5) is 0 Å². The Kier molecular flexibility index (Phi) is 20.6. The molecule has 0 aromatic rings. The van der Waals surface area contributed by atoms with E-state index in [1.807, 2.05) is 27.7 Å².